The standard InChI is InChI=1S/C56H79N7O2/c1-2-3-12-37-15-8-16-41(28-37)60-42-17-9-18-43(60)33-47(32-42)62-51-22-7-6-21-49(51)57-55(62)40-24-25-50-53(31-40)63(56(58-50)52-23-11-26-59(52)36-54(64)65)48-34-44-19-10-20-45(35-48)61(44)46-29-38-13-4-5-14-39(27-38)30-46/h6-7,21-22,24-25,31,37-39,41-48,52H,2-5,8-20,23,26-30,32-36H2,1H3,(H,64,65). The van der Waals surface area contributed by atoms with Crippen LogP contribution in [0.4, 0.5) is 0 Å². The van der Waals surface area contributed by atoms with E-state index < -0.39 is 5.97 Å². The zero-order chi connectivity index (χ0) is 43.6. The van der Waals surface area contributed by atoms with Gasteiger partial charge in [0.2, 0.25) is 0 Å². The maximum absolute atomic E-state index is 12.3. The topological polar surface area (TPSA) is 82.7 Å². The predicted octanol–water partition coefficient (Wildman–Crippen LogP) is 12.5. The van der Waals surface area contributed by atoms with Crippen LogP contribution in [0.2, 0.25) is 0 Å². The lowest BCUT2D eigenvalue weighted by atomic mass is 9.73. The van der Waals surface area contributed by atoms with Crippen LogP contribution in [0.15, 0.2) is 42.5 Å². The summed E-state index contributed by atoms with van der Waals surface area (Å²) in [5.74, 6) is 4.28. The quantitative estimate of drug-likeness (QED) is 0.161. The van der Waals surface area contributed by atoms with Crippen molar-refractivity contribution in [2.24, 2.45) is 17.8 Å². The number of carboxylic acid groups (broad SMARTS) is 1. The van der Waals surface area contributed by atoms with E-state index in [1.165, 1.54) is 171 Å². The molecular weight excluding hydrogens is 803 g/mol. The van der Waals surface area contributed by atoms with Crippen molar-refractivity contribution < 1.29 is 9.90 Å². The van der Waals surface area contributed by atoms with Crippen LogP contribution in [-0.2, 0) is 4.79 Å². The van der Waals surface area contributed by atoms with Gasteiger partial charge in [-0.3, -0.25) is 19.5 Å². The van der Waals surface area contributed by atoms with Crippen molar-refractivity contribution in [1.29, 1.82) is 0 Å². The summed E-state index contributed by atoms with van der Waals surface area (Å²) in [6.07, 6.45) is 34.7. The Morgan fingerprint density at radius 3 is 1.92 bits per heavy atom. The Morgan fingerprint density at radius 1 is 0.600 bits per heavy atom. The lowest BCUT2D eigenvalue weighted by Crippen LogP contribution is -2.58. The number of imidazole rings is 2. The highest BCUT2D eigenvalue weighted by Crippen LogP contribution is 2.50. The first kappa shape index (κ1) is 43.0. The summed E-state index contributed by atoms with van der Waals surface area (Å²) in [5.41, 5.74) is 5.89. The monoisotopic (exact) mass is 882 g/mol. The molecule has 7 heterocycles. The van der Waals surface area contributed by atoms with Crippen molar-refractivity contribution in [3.05, 3.63) is 48.3 Å². The summed E-state index contributed by atoms with van der Waals surface area (Å²) in [5, 5.41) is 10.1. The molecule has 9 unspecified atom stereocenters. The van der Waals surface area contributed by atoms with E-state index in [2.05, 4.69) is 73.2 Å². The number of carboxylic acids is 1. The van der Waals surface area contributed by atoms with Gasteiger partial charge in [-0.25, -0.2) is 9.97 Å². The molecule has 0 amide bonds. The maximum Gasteiger partial charge on any atom is 0.317 e. The third-order valence-electron chi connectivity index (χ3n) is 19.2. The van der Waals surface area contributed by atoms with Crippen LogP contribution in [0.1, 0.15) is 198 Å². The maximum atomic E-state index is 12.3. The number of fused-ring (bicyclic) bond motifs is 8. The van der Waals surface area contributed by atoms with E-state index in [4.69, 9.17) is 9.97 Å². The highest BCUT2D eigenvalue weighted by Gasteiger charge is 2.47. The highest BCUT2D eigenvalue weighted by atomic mass is 16.4. The molecular formula is C56H79N7O2. The lowest BCUT2D eigenvalue weighted by Gasteiger charge is -2.55. The number of para-hydroxylation sites is 2. The Labute approximate surface area is 389 Å². The van der Waals surface area contributed by atoms with Gasteiger partial charge < -0.3 is 14.2 Å². The Morgan fingerprint density at radius 2 is 1.23 bits per heavy atom. The number of unbranched alkanes of at least 4 members (excludes halogenated alkanes) is 1. The second kappa shape index (κ2) is 18.3. The fraction of sp³-hybridized carbons (Fsp3) is 0.732. The number of likely N-dealkylation sites (tertiary alicyclic amines) is 1. The molecule has 5 aliphatic heterocycles. The van der Waals surface area contributed by atoms with E-state index in [1.54, 1.807) is 0 Å². The minimum absolute atomic E-state index is 0.0292. The SMILES string of the molecule is CCCCC1CCCC(N2C3CCCC2CC(n2c(-c4ccc5nc(C6CCCN6CC(=O)O)n(C6CC7CCCC(C6)N7C6CC7CCCCC(C7)C6)c5c4)nc4ccccc42)C3)C1. The first-order chi connectivity index (χ1) is 32.0. The van der Waals surface area contributed by atoms with Crippen LogP contribution in [-0.4, -0.2) is 94.2 Å². The molecule has 5 saturated heterocycles. The number of piperidine rings is 4. The number of aromatic nitrogens is 4. The first-order valence-electron chi connectivity index (χ1n) is 27.5. The largest absolute Gasteiger partial charge is 0.480 e. The molecule has 2 aromatic heterocycles. The van der Waals surface area contributed by atoms with E-state index in [-0.39, 0.29) is 12.6 Å². The van der Waals surface area contributed by atoms with E-state index in [0.29, 0.717) is 36.3 Å². The van der Waals surface area contributed by atoms with Gasteiger partial charge in [0.1, 0.15) is 11.6 Å². The molecule has 9 nitrogen and oxygen atoms in total. The van der Waals surface area contributed by atoms with E-state index in [9.17, 15) is 9.90 Å². The van der Waals surface area contributed by atoms with Gasteiger partial charge in [-0.1, -0.05) is 89.7 Å². The van der Waals surface area contributed by atoms with E-state index >= 15 is 0 Å². The summed E-state index contributed by atoms with van der Waals surface area (Å²) >= 11 is 0. The van der Waals surface area contributed by atoms with Crippen LogP contribution >= 0.6 is 0 Å². The summed E-state index contributed by atoms with van der Waals surface area (Å²) in [6, 6.07) is 20.9. The summed E-state index contributed by atoms with van der Waals surface area (Å²) < 4.78 is 5.39. The predicted molar refractivity (Wildman–Crippen MR) is 261 cm³/mol. The third kappa shape index (κ3) is 8.21. The van der Waals surface area contributed by atoms with Crippen molar-refractivity contribution in [3.63, 3.8) is 0 Å². The third-order valence-corrected chi connectivity index (χ3v) is 19.2. The number of rotatable bonds is 11. The second-order valence-corrected chi connectivity index (χ2v) is 23.2. The normalized spacial score (nSPS) is 36.0. The van der Waals surface area contributed by atoms with E-state index in [1.807, 2.05) is 0 Å². The number of nitrogens with zero attached hydrogens (tertiary/aromatic N) is 7. The van der Waals surface area contributed by atoms with Crippen molar-refractivity contribution in [3.8, 4) is 11.4 Å². The van der Waals surface area contributed by atoms with Gasteiger partial charge >= 0.3 is 5.97 Å². The molecule has 3 aliphatic carbocycles. The number of benzene rings is 2. The van der Waals surface area contributed by atoms with Crippen LogP contribution in [0.5, 0.6) is 0 Å². The Bertz CT molecular complexity index is 2280. The number of hydrogen-bond acceptors (Lipinski definition) is 6. The van der Waals surface area contributed by atoms with Gasteiger partial charge in [0.25, 0.3) is 0 Å². The molecule has 9 atom stereocenters. The molecule has 1 N–H and O–H groups in total. The number of hydrogen-bond donors (Lipinski definition) is 1. The van der Waals surface area contributed by atoms with Crippen LogP contribution < -0.4 is 0 Å². The van der Waals surface area contributed by atoms with Gasteiger partial charge in [0.15, 0.2) is 0 Å². The summed E-state index contributed by atoms with van der Waals surface area (Å²) in [6.45, 7) is 3.26. The van der Waals surface area contributed by atoms with Gasteiger partial charge in [-0.15, -0.1) is 0 Å². The first-order valence-corrected chi connectivity index (χ1v) is 27.5. The fourth-order valence-corrected chi connectivity index (χ4v) is 16.8. The molecule has 9 heteroatoms. The molecule has 8 aliphatic rings. The van der Waals surface area contributed by atoms with Crippen LogP contribution in [0, 0.1) is 17.8 Å². The summed E-state index contributed by atoms with van der Waals surface area (Å²) in [7, 11) is 0. The summed E-state index contributed by atoms with van der Waals surface area (Å²) in [4.78, 5) is 31.8. The zero-order valence-electron chi connectivity index (χ0n) is 39.8. The Hall–Kier alpha value is -3.27. The molecule has 2 aromatic carbocycles. The van der Waals surface area contributed by atoms with Crippen molar-refractivity contribution >= 4 is 28.0 Å². The van der Waals surface area contributed by atoms with Gasteiger partial charge in [-0.05, 0) is 151 Å². The lowest BCUT2D eigenvalue weighted by molar-refractivity contribution is -0.138. The average molecular weight is 882 g/mol. The van der Waals surface area contributed by atoms with Crippen molar-refractivity contribution in [1.82, 2.24) is 33.8 Å². The van der Waals surface area contributed by atoms with E-state index in [0.717, 1.165) is 71.9 Å². The Kier molecular flexibility index (Phi) is 12.1. The Balaban J connectivity index is 0.901. The molecule has 6 bridgehead atoms. The van der Waals surface area contributed by atoms with Gasteiger partial charge in [0, 0.05) is 53.9 Å². The van der Waals surface area contributed by atoms with Crippen LogP contribution in [0.25, 0.3) is 33.5 Å². The van der Waals surface area contributed by atoms with Crippen molar-refractivity contribution in [2.45, 2.75) is 228 Å². The molecule has 65 heavy (non-hydrogen) atoms. The minimum Gasteiger partial charge on any atom is -0.480 e. The molecule has 3 saturated carbocycles. The van der Waals surface area contributed by atoms with Crippen molar-refractivity contribution in [2.75, 3.05) is 13.1 Å². The van der Waals surface area contributed by atoms with Gasteiger partial charge in [0.05, 0.1) is 34.7 Å². The van der Waals surface area contributed by atoms with Crippen LogP contribution in [0.3, 0.4) is 0 Å². The fourth-order valence-electron chi connectivity index (χ4n) is 16.8. The molecule has 12 rings (SSSR count). The average Bonchev–Trinajstić information content (AvgIpc) is 4.01. The second-order valence-electron chi connectivity index (χ2n) is 23.2. The number of aliphatic carboxylic acids is 1. The molecule has 0 spiro atoms. The molecule has 350 valence electrons. The smallest absolute Gasteiger partial charge is 0.317 e. The van der Waals surface area contributed by atoms with Gasteiger partial charge in [-0.2, -0.15) is 0 Å². The molecule has 8 fully saturated rings. The molecule has 0 radical (unpaired) electrons. The molecule has 4 aromatic rings. The minimum atomic E-state index is -0.735. The highest BCUT2D eigenvalue weighted by molar-refractivity contribution is 5.85. The zero-order valence-corrected chi connectivity index (χ0v) is 39.8. The number of carbonyl (C=O) groups is 1.